The minimum atomic E-state index is 0.788. The highest BCUT2D eigenvalue weighted by Gasteiger charge is 1.95. The van der Waals surface area contributed by atoms with Gasteiger partial charge >= 0.3 is 0 Å². The Labute approximate surface area is 148 Å². The van der Waals surface area contributed by atoms with Crippen LogP contribution >= 0.6 is 0 Å². The van der Waals surface area contributed by atoms with Crippen LogP contribution < -0.4 is 5.32 Å². The van der Waals surface area contributed by atoms with E-state index < -0.39 is 0 Å². The summed E-state index contributed by atoms with van der Waals surface area (Å²) in [5.74, 6) is 0.788. The van der Waals surface area contributed by atoms with E-state index in [1.807, 2.05) is 0 Å². The Morgan fingerprint density at radius 1 is 0.522 bits per heavy atom. The molecule has 0 aromatic rings. The van der Waals surface area contributed by atoms with Gasteiger partial charge in [-0.1, -0.05) is 117 Å². The lowest BCUT2D eigenvalue weighted by molar-refractivity contribution is 0.511. The Balaban J connectivity index is 2.95. The summed E-state index contributed by atoms with van der Waals surface area (Å²) in [6.45, 7) is 9.25. The Kier molecular flexibility index (Phi) is 20.0. The van der Waals surface area contributed by atoms with Crippen LogP contribution in [0.15, 0.2) is 0 Å². The molecule has 0 bridgehead atoms. The van der Waals surface area contributed by atoms with E-state index in [-0.39, 0.29) is 0 Å². The Morgan fingerprint density at radius 3 is 1.22 bits per heavy atom. The van der Waals surface area contributed by atoms with Gasteiger partial charge in [0.05, 0.1) is 0 Å². The highest BCUT2D eigenvalue weighted by atomic mass is 14.8. The molecular weight excluding hydrogens is 278 g/mol. The first-order valence-electron chi connectivity index (χ1n) is 11.0. The van der Waals surface area contributed by atoms with Gasteiger partial charge < -0.3 is 5.32 Å². The van der Waals surface area contributed by atoms with Crippen LogP contribution in [0.2, 0.25) is 0 Å². The molecule has 0 rings (SSSR count). The van der Waals surface area contributed by atoms with E-state index in [9.17, 15) is 0 Å². The van der Waals surface area contributed by atoms with E-state index in [0.717, 1.165) is 5.92 Å². The third kappa shape index (κ3) is 22.0. The average molecular weight is 326 g/mol. The normalized spacial score (nSPS) is 11.5. The largest absolute Gasteiger partial charge is 0.316 e. The van der Waals surface area contributed by atoms with Gasteiger partial charge in [-0.2, -0.15) is 0 Å². The Morgan fingerprint density at radius 2 is 0.870 bits per heavy atom. The highest BCUT2D eigenvalue weighted by molar-refractivity contribution is 4.53. The molecule has 0 aliphatic heterocycles. The molecular formula is C22H47N. The summed E-state index contributed by atoms with van der Waals surface area (Å²) >= 11 is 0. The van der Waals surface area contributed by atoms with E-state index in [1.54, 1.807) is 0 Å². The molecule has 23 heavy (non-hydrogen) atoms. The molecule has 0 amide bonds. The van der Waals surface area contributed by atoms with Gasteiger partial charge in [-0.25, -0.2) is 0 Å². The summed E-state index contributed by atoms with van der Waals surface area (Å²) in [4.78, 5) is 0. The maximum absolute atomic E-state index is 3.53. The van der Waals surface area contributed by atoms with Crippen molar-refractivity contribution in [1.29, 1.82) is 0 Å². The first-order valence-corrected chi connectivity index (χ1v) is 11.0. The molecule has 0 aromatic carbocycles. The van der Waals surface area contributed by atoms with E-state index in [4.69, 9.17) is 0 Å². The van der Waals surface area contributed by atoms with E-state index >= 15 is 0 Å². The molecule has 0 radical (unpaired) electrons. The molecule has 0 aliphatic rings. The lowest BCUT2D eigenvalue weighted by atomic mass is 10.0. The van der Waals surface area contributed by atoms with Gasteiger partial charge in [0.25, 0.3) is 0 Å². The van der Waals surface area contributed by atoms with Gasteiger partial charge in [-0.15, -0.1) is 0 Å². The second-order valence-corrected chi connectivity index (χ2v) is 7.90. The molecule has 0 spiro atoms. The summed E-state index contributed by atoms with van der Waals surface area (Å²) in [5.41, 5.74) is 0. The summed E-state index contributed by atoms with van der Waals surface area (Å²) in [7, 11) is 0. The zero-order valence-electron chi connectivity index (χ0n) is 16.8. The van der Waals surface area contributed by atoms with Crippen LogP contribution in [0.3, 0.4) is 0 Å². The van der Waals surface area contributed by atoms with Gasteiger partial charge in [0.2, 0.25) is 0 Å². The van der Waals surface area contributed by atoms with Crippen molar-refractivity contribution in [3.63, 3.8) is 0 Å². The molecule has 0 aromatic heterocycles. The molecule has 0 aliphatic carbocycles. The Bertz CT molecular complexity index is 200. The van der Waals surface area contributed by atoms with Crippen molar-refractivity contribution in [2.45, 2.75) is 124 Å². The van der Waals surface area contributed by atoms with Crippen LogP contribution in [0.25, 0.3) is 0 Å². The van der Waals surface area contributed by atoms with Crippen LogP contribution in [-0.4, -0.2) is 13.1 Å². The highest BCUT2D eigenvalue weighted by Crippen LogP contribution is 2.13. The third-order valence-electron chi connectivity index (χ3n) is 4.76. The van der Waals surface area contributed by atoms with Crippen molar-refractivity contribution < 1.29 is 0 Å². The molecule has 1 N–H and O–H groups in total. The SMILES string of the molecule is CCCCCCCCCCCCCCCCCCNCC(C)C. The maximum Gasteiger partial charge on any atom is -0.00258 e. The number of hydrogen-bond donors (Lipinski definition) is 1. The summed E-state index contributed by atoms with van der Waals surface area (Å²) < 4.78 is 0. The van der Waals surface area contributed by atoms with Crippen molar-refractivity contribution in [1.82, 2.24) is 5.32 Å². The molecule has 0 atom stereocenters. The zero-order valence-corrected chi connectivity index (χ0v) is 16.8. The van der Waals surface area contributed by atoms with E-state index in [2.05, 4.69) is 26.1 Å². The molecule has 1 heteroatoms. The molecule has 1 nitrogen and oxygen atoms in total. The molecule has 0 saturated heterocycles. The average Bonchev–Trinajstić information content (AvgIpc) is 2.53. The second kappa shape index (κ2) is 20.0. The summed E-state index contributed by atoms with van der Waals surface area (Å²) in [5, 5.41) is 3.53. The minimum Gasteiger partial charge on any atom is -0.316 e. The lowest BCUT2D eigenvalue weighted by Gasteiger charge is -2.07. The molecule has 0 unspecified atom stereocenters. The first kappa shape index (κ1) is 23.0. The Hall–Kier alpha value is -0.0400. The fourth-order valence-corrected chi connectivity index (χ4v) is 3.19. The quantitative estimate of drug-likeness (QED) is 0.242. The number of rotatable bonds is 19. The third-order valence-corrected chi connectivity index (χ3v) is 4.76. The van der Waals surface area contributed by atoms with Crippen molar-refractivity contribution in [3.05, 3.63) is 0 Å². The number of hydrogen-bond acceptors (Lipinski definition) is 1. The molecule has 140 valence electrons. The van der Waals surface area contributed by atoms with Gasteiger partial charge in [0.1, 0.15) is 0 Å². The number of nitrogens with one attached hydrogen (secondary N) is 1. The summed E-state index contributed by atoms with van der Waals surface area (Å²) in [6, 6.07) is 0. The topological polar surface area (TPSA) is 12.0 Å². The number of unbranched alkanes of at least 4 members (excludes halogenated alkanes) is 15. The maximum atomic E-state index is 3.53. The van der Waals surface area contributed by atoms with Gasteiger partial charge in [0.15, 0.2) is 0 Å². The summed E-state index contributed by atoms with van der Waals surface area (Å²) in [6.07, 6.45) is 23.3. The van der Waals surface area contributed by atoms with Crippen LogP contribution in [0.5, 0.6) is 0 Å². The lowest BCUT2D eigenvalue weighted by Crippen LogP contribution is -2.20. The van der Waals surface area contributed by atoms with Crippen molar-refractivity contribution >= 4 is 0 Å². The van der Waals surface area contributed by atoms with Crippen LogP contribution in [0, 0.1) is 5.92 Å². The first-order chi connectivity index (χ1) is 11.3. The van der Waals surface area contributed by atoms with Crippen LogP contribution in [0.1, 0.15) is 124 Å². The van der Waals surface area contributed by atoms with E-state index in [0.29, 0.717) is 0 Å². The van der Waals surface area contributed by atoms with Gasteiger partial charge in [0, 0.05) is 0 Å². The monoisotopic (exact) mass is 325 g/mol. The predicted octanol–water partition coefficient (Wildman–Crippen LogP) is 7.49. The molecule has 0 fully saturated rings. The smallest absolute Gasteiger partial charge is 0.00258 e. The fraction of sp³-hybridized carbons (Fsp3) is 1.00. The van der Waals surface area contributed by atoms with Gasteiger partial charge in [-0.05, 0) is 25.4 Å². The van der Waals surface area contributed by atoms with Gasteiger partial charge in [-0.3, -0.25) is 0 Å². The van der Waals surface area contributed by atoms with E-state index in [1.165, 1.54) is 116 Å². The van der Waals surface area contributed by atoms with Crippen molar-refractivity contribution in [3.8, 4) is 0 Å². The van der Waals surface area contributed by atoms with Crippen molar-refractivity contribution in [2.75, 3.05) is 13.1 Å². The molecule has 0 saturated carbocycles. The predicted molar refractivity (Wildman–Crippen MR) is 107 cm³/mol. The van der Waals surface area contributed by atoms with Crippen LogP contribution in [0.4, 0.5) is 0 Å². The standard InChI is InChI=1S/C22H47N/c1-4-5-6-7-8-9-10-11-12-13-14-15-16-17-18-19-20-23-21-22(2)3/h22-23H,4-21H2,1-3H3. The van der Waals surface area contributed by atoms with Crippen LogP contribution in [-0.2, 0) is 0 Å². The second-order valence-electron chi connectivity index (χ2n) is 7.90. The minimum absolute atomic E-state index is 0.788. The fourth-order valence-electron chi connectivity index (χ4n) is 3.19. The molecule has 0 heterocycles. The van der Waals surface area contributed by atoms with Crippen molar-refractivity contribution in [2.24, 2.45) is 5.92 Å². The zero-order chi connectivity index (χ0) is 17.0.